The van der Waals surface area contributed by atoms with Gasteiger partial charge in [-0.2, -0.15) is 0 Å². The van der Waals surface area contributed by atoms with Gasteiger partial charge >= 0.3 is 0 Å². The Morgan fingerprint density at radius 1 is 1.16 bits per heavy atom. The maximum Gasteiger partial charge on any atom is 0.176 e. The van der Waals surface area contributed by atoms with Crippen LogP contribution in [-0.2, 0) is 6.54 Å². The fourth-order valence-electron chi connectivity index (χ4n) is 2.05. The van der Waals surface area contributed by atoms with Gasteiger partial charge in [0.2, 0.25) is 0 Å². The zero-order valence-electron chi connectivity index (χ0n) is 10.5. The number of hydrogen-bond donors (Lipinski definition) is 0. The molecule has 0 N–H and O–H groups in total. The van der Waals surface area contributed by atoms with E-state index in [9.17, 15) is 0 Å². The number of hydrogen-bond acceptors (Lipinski definition) is 2. The molecular formula is C15H13BrN2O. The molecule has 4 heteroatoms. The van der Waals surface area contributed by atoms with E-state index in [0.29, 0.717) is 0 Å². The van der Waals surface area contributed by atoms with Crippen LogP contribution in [-0.4, -0.2) is 9.55 Å². The zero-order chi connectivity index (χ0) is 13.2. The zero-order valence-corrected chi connectivity index (χ0v) is 12.1. The topological polar surface area (TPSA) is 31.0 Å². The Morgan fingerprint density at radius 2 is 1.95 bits per heavy atom. The minimum absolute atomic E-state index is 0.789. The van der Waals surface area contributed by atoms with Crippen LogP contribution in [0.5, 0.6) is 0 Å². The molecule has 2 aromatic heterocycles. The average Bonchev–Trinajstić information content (AvgIpc) is 3.07. The molecule has 0 aliphatic heterocycles. The van der Waals surface area contributed by atoms with Crippen LogP contribution in [0, 0.1) is 0 Å². The summed E-state index contributed by atoms with van der Waals surface area (Å²) in [5, 5.41) is 0. The predicted octanol–water partition coefficient (Wildman–Crippen LogP) is 4.59. The summed E-state index contributed by atoms with van der Waals surface area (Å²) in [5.41, 5.74) is 1.04. The van der Waals surface area contributed by atoms with E-state index in [2.05, 4.69) is 32.4 Å². The van der Waals surface area contributed by atoms with Crippen LogP contribution in [0.3, 0.4) is 0 Å². The molecule has 0 aliphatic rings. The first-order chi connectivity index (χ1) is 9.29. The standard InChI is InChI=1S/C15H13BrN2O/c1-2-18-10-9-17-15(18)14-8-7-13(19-14)11-5-3-4-6-12(11)16/h3-10H,2H2,1H3. The van der Waals surface area contributed by atoms with Crippen molar-refractivity contribution >= 4 is 15.9 Å². The fourth-order valence-corrected chi connectivity index (χ4v) is 2.53. The van der Waals surface area contributed by atoms with Crippen LogP contribution < -0.4 is 0 Å². The fraction of sp³-hybridized carbons (Fsp3) is 0.133. The molecule has 0 radical (unpaired) electrons. The van der Waals surface area contributed by atoms with Crippen LogP contribution in [0.2, 0.25) is 0 Å². The molecule has 0 amide bonds. The van der Waals surface area contributed by atoms with Crippen molar-refractivity contribution in [2.45, 2.75) is 13.5 Å². The van der Waals surface area contributed by atoms with E-state index in [1.165, 1.54) is 0 Å². The van der Waals surface area contributed by atoms with Crippen LogP contribution >= 0.6 is 15.9 Å². The average molecular weight is 317 g/mol. The third kappa shape index (κ3) is 2.24. The van der Waals surface area contributed by atoms with Crippen molar-refractivity contribution in [2.24, 2.45) is 0 Å². The Morgan fingerprint density at radius 3 is 2.74 bits per heavy atom. The third-order valence-corrected chi connectivity index (χ3v) is 3.71. The minimum atomic E-state index is 0.789. The highest BCUT2D eigenvalue weighted by Gasteiger charge is 2.12. The van der Waals surface area contributed by atoms with Gasteiger partial charge in [0.15, 0.2) is 11.6 Å². The molecule has 3 aromatic rings. The molecule has 0 fully saturated rings. The Kier molecular flexibility index (Phi) is 3.25. The summed E-state index contributed by atoms with van der Waals surface area (Å²) in [6.45, 7) is 2.96. The first kappa shape index (κ1) is 12.2. The molecule has 0 spiro atoms. The Hall–Kier alpha value is -1.81. The molecule has 0 saturated heterocycles. The number of imidazole rings is 1. The number of furan rings is 1. The lowest BCUT2D eigenvalue weighted by molar-refractivity contribution is 0.584. The number of aromatic nitrogens is 2. The molecule has 2 heterocycles. The lowest BCUT2D eigenvalue weighted by Crippen LogP contribution is -1.94. The second-order valence-electron chi connectivity index (χ2n) is 4.18. The van der Waals surface area contributed by atoms with Crippen LogP contribution in [0.1, 0.15) is 6.92 Å². The van der Waals surface area contributed by atoms with Gasteiger partial charge in [-0.05, 0) is 25.1 Å². The second kappa shape index (κ2) is 5.05. The van der Waals surface area contributed by atoms with Gasteiger partial charge in [-0.25, -0.2) is 4.98 Å². The molecule has 0 unspecified atom stereocenters. The molecule has 0 atom stereocenters. The predicted molar refractivity (Wildman–Crippen MR) is 78.7 cm³/mol. The first-order valence-corrected chi connectivity index (χ1v) is 6.95. The molecule has 0 aliphatic carbocycles. The quantitative estimate of drug-likeness (QED) is 0.707. The van der Waals surface area contributed by atoms with E-state index in [0.717, 1.165) is 33.9 Å². The third-order valence-electron chi connectivity index (χ3n) is 3.02. The lowest BCUT2D eigenvalue weighted by Gasteiger charge is -2.02. The Bertz CT molecular complexity index is 700. The van der Waals surface area contributed by atoms with E-state index in [1.807, 2.05) is 42.6 Å². The maximum atomic E-state index is 5.92. The summed E-state index contributed by atoms with van der Waals surface area (Å²) in [5.74, 6) is 2.49. The summed E-state index contributed by atoms with van der Waals surface area (Å²) in [6, 6.07) is 12.0. The second-order valence-corrected chi connectivity index (χ2v) is 5.03. The van der Waals surface area contributed by atoms with Gasteiger partial charge in [-0.3, -0.25) is 0 Å². The molecule has 0 bridgehead atoms. The van der Waals surface area contributed by atoms with Crippen LogP contribution in [0.15, 0.2) is 57.7 Å². The van der Waals surface area contributed by atoms with Gasteiger partial charge in [0.05, 0.1) is 0 Å². The number of aryl methyl sites for hydroxylation is 1. The van der Waals surface area contributed by atoms with Crippen molar-refractivity contribution < 1.29 is 4.42 Å². The molecule has 3 rings (SSSR count). The van der Waals surface area contributed by atoms with E-state index >= 15 is 0 Å². The van der Waals surface area contributed by atoms with E-state index in [1.54, 1.807) is 6.20 Å². The highest BCUT2D eigenvalue weighted by Crippen LogP contribution is 2.32. The van der Waals surface area contributed by atoms with E-state index < -0.39 is 0 Å². The minimum Gasteiger partial charge on any atom is -0.453 e. The summed E-state index contributed by atoms with van der Waals surface area (Å²) >= 11 is 3.54. The largest absolute Gasteiger partial charge is 0.453 e. The number of rotatable bonds is 3. The van der Waals surface area contributed by atoms with Crippen molar-refractivity contribution in [3.8, 4) is 22.9 Å². The van der Waals surface area contributed by atoms with Crippen molar-refractivity contribution in [2.75, 3.05) is 0 Å². The van der Waals surface area contributed by atoms with E-state index in [4.69, 9.17) is 4.42 Å². The van der Waals surface area contributed by atoms with Crippen LogP contribution in [0.4, 0.5) is 0 Å². The van der Waals surface area contributed by atoms with Gasteiger partial charge < -0.3 is 8.98 Å². The Labute approximate surface area is 120 Å². The van der Waals surface area contributed by atoms with Crippen molar-refractivity contribution in [1.82, 2.24) is 9.55 Å². The summed E-state index contributed by atoms with van der Waals surface area (Å²) < 4.78 is 9.01. The van der Waals surface area contributed by atoms with Gasteiger partial charge in [0.25, 0.3) is 0 Å². The molecular weight excluding hydrogens is 304 g/mol. The van der Waals surface area contributed by atoms with Gasteiger partial charge in [-0.15, -0.1) is 0 Å². The number of halogens is 1. The first-order valence-electron chi connectivity index (χ1n) is 6.16. The normalized spacial score (nSPS) is 10.8. The smallest absolute Gasteiger partial charge is 0.176 e. The highest BCUT2D eigenvalue weighted by molar-refractivity contribution is 9.10. The maximum absolute atomic E-state index is 5.92. The van der Waals surface area contributed by atoms with Crippen molar-refractivity contribution in [3.63, 3.8) is 0 Å². The van der Waals surface area contributed by atoms with Gasteiger partial charge in [0, 0.05) is 29.0 Å². The molecule has 19 heavy (non-hydrogen) atoms. The van der Waals surface area contributed by atoms with Crippen molar-refractivity contribution in [3.05, 3.63) is 53.3 Å². The molecule has 0 saturated carbocycles. The summed E-state index contributed by atoms with van der Waals surface area (Å²) in [6.07, 6.45) is 3.75. The van der Waals surface area contributed by atoms with Crippen LogP contribution in [0.25, 0.3) is 22.9 Å². The van der Waals surface area contributed by atoms with Crippen molar-refractivity contribution in [1.29, 1.82) is 0 Å². The lowest BCUT2D eigenvalue weighted by atomic mass is 10.2. The summed E-state index contributed by atoms with van der Waals surface area (Å²) in [7, 11) is 0. The van der Waals surface area contributed by atoms with Gasteiger partial charge in [-0.1, -0.05) is 34.1 Å². The number of nitrogens with zero attached hydrogens (tertiary/aromatic N) is 2. The monoisotopic (exact) mass is 316 g/mol. The molecule has 1 aromatic carbocycles. The summed E-state index contributed by atoms with van der Waals surface area (Å²) in [4.78, 5) is 4.34. The SMILES string of the molecule is CCn1ccnc1-c1ccc(-c2ccccc2Br)o1. The highest BCUT2D eigenvalue weighted by atomic mass is 79.9. The number of benzene rings is 1. The molecule has 3 nitrogen and oxygen atoms in total. The van der Waals surface area contributed by atoms with Gasteiger partial charge in [0.1, 0.15) is 5.76 Å². The Balaban J connectivity index is 2.03. The molecule has 96 valence electrons. The van der Waals surface area contributed by atoms with E-state index in [-0.39, 0.29) is 0 Å².